The number of carbonyl (C=O) groups excluding carboxylic acids is 1. The molecule has 19 heavy (non-hydrogen) atoms. The molecule has 1 aromatic carbocycles. The van der Waals surface area contributed by atoms with Crippen molar-refractivity contribution in [3.05, 3.63) is 34.5 Å². The molecule has 0 bridgehead atoms. The van der Waals surface area contributed by atoms with Gasteiger partial charge >= 0.3 is 0 Å². The molecule has 100 valence electrons. The third-order valence-electron chi connectivity index (χ3n) is 3.62. The number of carbonyl (C=O) groups is 1. The van der Waals surface area contributed by atoms with Crippen LogP contribution in [0.5, 0.6) is 0 Å². The molecular formula is C14H14BrNO3. The minimum absolute atomic E-state index is 0.0926. The van der Waals surface area contributed by atoms with Crippen molar-refractivity contribution in [1.29, 1.82) is 0 Å². The molecule has 2 N–H and O–H groups in total. The highest BCUT2D eigenvalue weighted by Crippen LogP contribution is 2.44. The molecule has 0 atom stereocenters. The number of hydrogen-bond acceptors (Lipinski definition) is 3. The zero-order chi connectivity index (χ0) is 13.5. The second-order valence-electron chi connectivity index (χ2n) is 5.13. The van der Waals surface area contributed by atoms with E-state index in [2.05, 4.69) is 21.2 Å². The van der Waals surface area contributed by atoms with Crippen molar-refractivity contribution in [2.75, 3.05) is 13.2 Å². The van der Waals surface area contributed by atoms with Crippen molar-refractivity contribution in [2.45, 2.75) is 12.8 Å². The average molecular weight is 324 g/mol. The minimum atomic E-state index is -0.230. The fourth-order valence-corrected chi connectivity index (χ4v) is 2.43. The van der Waals surface area contributed by atoms with Crippen LogP contribution in [0.4, 0.5) is 0 Å². The highest BCUT2D eigenvalue weighted by atomic mass is 79.9. The van der Waals surface area contributed by atoms with E-state index in [-0.39, 0.29) is 17.9 Å². The van der Waals surface area contributed by atoms with E-state index in [9.17, 15) is 9.90 Å². The molecule has 2 aromatic rings. The van der Waals surface area contributed by atoms with Crippen molar-refractivity contribution in [2.24, 2.45) is 5.41 Å². The van der Waals surface area contributed by atoms with Gasteiger partial charge in [-0.25, -0.2) is 0 Å². The lowest BCUT2D eigenvalue weighted by Gasteiger charge is -2.11. The van der Waals surface area contributed by atoms with Gasteiger partial charge < -0.3 is 14.8 Å². The molecular weight excluding hydrogens is 310 g/mol. The van der Waals surface area contributed by atoms with Gasteiger partial charge in [-0.1, -0.05) is 15.9 Å². The van der Waals surface area contributed by atoms with Crippen LogP contribution in [0.1, 0.15) is 23.4 Å². The Kier molecular flexibility index (Phi) is 3.11. The molecule has 0 radical (unpaired) electrons. The summed E-state index contributed by atoms with van der Waals surface area (Å²) in [5.74, 6) is 0.0777. The van der Waals surface area contributed by atoms with Gasteiger partial charge in [0.2, 0.25) is 0 Å². The van der Waals surface area contributed by atoms with Crippen LogP contribution in [0, 0.1) is 5.41 Å². The quantitative estimate of drug-likeness (QED) is 0.909. The second kappa shape index (κ2) is 4.65. The lowest BCUT2D eigenvalue weighted by atomic mass is 10.1. The van der Waals surface area contributed by atoms with Gasteiger partial charge in [-0.15, -0.1) is 0 Å². The smallest absolute Gasteiger partial charge is 0.287 e. The van der Waals surface area contributed by atoms with Crippen LogP contribution in [-0.4, -0.2) is 24.2 Å². The highest BCUT2D eigenvalue weighted by molar-refractivity contribution is 9.10. The van der Waals surface area contributed by atoms with Gasteiger partial charge in [0, 0.05) is 21.8 Å². The standard InChI is InChI=1S/C14H14BrNO3/c15-10-1-2-11-9(5-10)6-12(19-11)13(18)16-7-14(8-17)3-4-14/h1-2,5-6,17H,3-4,7-8H2,(H,16,18). The Morgan fingerprint density at radius 2 is 2.21 bits per heavy atom. The second-order valence-corrected chi connectivity index (χ2v) is 6.05. The molecule has 0 aliphatic heterocycles. The van der Waals surface area contributed by atoms with Gasteiger partial charge in [0.05, 0.1) is 6.61 Å². The van der Waals surface area contributed by atoms with Crippen LogP contribution >= 0.6 is 15.9 Å². The first-order chi connectivity index (χ1) is 9.12. The van der Waals surface area contributed by atoms with E-state index >= 15 is 0 Å². The molecule has 3 rings (SSSR count). The fraction of sp³-hybridized carbons (Fsp3) is 0.357. The van der Waals surface area contributed by atoms with Crippen LogP contribution in [0.2, 0.25) is 0 Å². The summed E-state index contributed by atoms with van der Waals surface area (Å²) in [6.45, 7) is 0.628. The molecule has 1 aromatic heterocycles. The maximum Gasteiger partial charge on any atom is 0.287 e. The zero-order valence-corrected chi connectivity index (χ0v) is 11.9. The number of hydrogen-bond donors (Lipinski definition) is 2. The summed E-state index contributed by atoms with van der Waals surface area (Å²) in [5.41, 5.74) is 0.599. The fourth-order valence-electron chi connectivity index (χ4n) is 2.05. The Hall–Kier alpha value is -1.33. The summed E-state index contributed by atoms with van der Waals surface area (Å²) in [5, 5.41) is 12.9. The molecule has 1 aliphatic carbocycles. The number of rotatable bonds is 4. The molecule has 1 saturated carbocycles. The lowest BCUT2D eigenvalue weighted by Crippen LogP contribution is -2.31. The van der Waals surface area contributed by atoms with E-state index < -0.39 is 0 Å². The Labute approximate surface area is 118 Å². The van der Waals surface area contributed by atoms with E-state index in [4.69, 9.17) is 4.42 Å². The molecule has 0 spiro atoms. The maximum absolute atomic E-state index is 12.0. The van der Waals surface area contributed by atoms with Gasteiger partial charge in [0.15, 0.2) is 5.76 Å². The van der Waals surface area contributed by atoms with Crippen LogP contribution in [0.25, 0.3) is 11.0 Å². The van der Waals surface area contributed by atoms with E-state index in [1.165, 1.54) is 0 Å². The van der Waals surface area contributed by atoms with E-state index in [1.807, 2.05) is 18.2 Å². The minimum Gasteiger partial charge on any atom is -0.451 e. The molecule has 1 aliphatic rings. The predicted octanol–water partition coefficient (Wildman–Crippen LogP) is 2.70. The Morgan fingerprint density at radius 3 is 2.89 bits per heavy atom. The number of amides is 1. The number of halogens is 1. The van der Waals surface area contributed by atoms with Gasteiger partial charge in [0.1, 0.15) is 5.58 Å². The monoisotopic (exact) mass is 323 g/mol. The summed E-state index contributed by atoms with van der Waals surface area (Å²) >= 11 is 3.38. The number of fused-ring (bicyclic) bond motifs is 1. The van der Waals surface area contributed by atoms with Crippen molar-refractivity contribution in [3.63, 3.8) is 0 Å². The number of furan rings is 1. The van der Waals surface area contributed by atoms with Gasteiger partial charge in [-0.2, -0.15) is 0 Å². The van der Waals surface area contributed by atoms with Crippen LogP contribution < -0.4 is 5.32 Å². The van der Waals surface area contributed by atoms with E-state index in [1.54, 1.807) is 6.07 Å². The average Bonchev–Trinajstić information content (AvgIpc) is 3.07. The first-order valence-electron chi connectivity index (χ1n) is 6.20. The van der Waals surface area contributed by atoms with Gasteiger partial charge in [-0.05, 0) is 37.1 Å². The topological polar surface area (TPSA) is 62.5 Å². The maximum atomic E-state index is 12.0. The number of aliphatic hydroxyl groups excluding tert-OH is 1. The van der Waals surface area contributed by atoms with Crippen molar-refractivity contribution < 1.29 is 14.3 Å². The first-order valence-corrected chi connectivity index (χ1v) is 6.99. The molecule has 1 amide bonds. The number of aliphatic hydroxyl groups is 1. The first kappa shape index (κ1) is 12.7. The van der Waals surface area contributed by atoms with Crippen LogP contribution in [0.3, 0.4) is 0 Å². The highest BCUT2D eigenvalue weighted by Gasteiger charge is 2.42. The molecule has 5 heteroatoms. The summed E-state index contributed by atoms with van der Waals surface area (Å²) in [7, 11) is 0. The van der Waals surface area contributed by atoms with E-state index in [0.717, 1.165) is 22.7 Å². The van der Waals surface area contributed by atoms with Crippen molar-refractivity contribution >= 4 is 32.8 Å². The lowest BCUT2D eigenvalue weighted by molar-refractivity contribution is 0.0909. The number of benzene rings is 1. The summed E-state index contributed by atoms with van der Waals surface area (Å²) in [4.78, 5) is 12.0. The molecule has 0 unspecified atom stereocenters. The molecule has 1 heterocycles. The van der Waals surface area contributed by atoms with Crippen molar-refractivity contribution in [1.82, 2.24) is 5.32 Å². The summed E-state index contributed by atoms with van der Waals surface area (Å²) in [6, 6.07) is 7.34. The Balaban J connectivity index is 1.74. The van der Waals surface area contributed by atoms with E-state index in [0.29, 0.717) is 17.9 Å². The normalized spacial score (nSPS) is 16.5. The molecule has 1 fully saturated rings. The largest absolute Gasteiger partial charge is 0.451 e. The van der Waals surface area contributed by atoms with Crippen LogP contribution in [0.15, 0.2) is 33.2 Å². The van der Waals surface area contributed by atoms with Crippen molar-refractivity contribution in [3.8, 4) is 0 Å². The third-order valence-corrected chi connectivity index (χ3v) is 4.11. The molecule has 0 saturated heterocycles. The zero-order valence-electron chi connectivity index (χ0n) is 10.3. The van der Waals surface area contributed by atoms with Gasteiger partial charge in [0.25, 0.3) is 5.91 Å². The predicted molar refractivity (Wildman–Crippen MR) is 75.0 cm³/mol. The SMILES string of the molecule is O=C(NCC1(CO)CC1)c1cc2cc(Br)ccc2o1. The summed E-state index contributed by atoms with van der Waals surface area (Å²) in [6.07, 6.45) is 1.94. The molecule has 4 nitrogen and oxygen atoms in total. The van der Waals surface area contributed by atoms with Gasteiger partial charge in [-0.3, -0.25) is 4.79 Å². The summed E-state index contributed by atoms with van der Waals surface area (Å²) < 4.78 is 6.46. The van der Waals surface area contributed by atoms with Crippen LogP contribution in [-0.2, 0) is 0 Å². The Morgan fingerprint density at radius 1 is 1.42 bits per heavy atom. The number of nitrogens with one attached hydrogen (secondary N) is 1. The Bertz CT molecular complexity index is 631. The third kappa shape index (κ3) is 2.53.